The van der Waals surface area contributed by atoms with Crippen molar-refractivity contribution in [2.24, 2.45) is 0 Å². The Kier molecular flexibility index (Phi) is 27.9. The first-order chi connectivity index (χ1) is 3.41. The Morgan fingerprint density at radius 1 is 0.667 bits per heavy atom. The molecule has 0 aliphatic rings. The molecule has 0 heteroatoms. The predicted octanol–water partition coefficient (Wildman–Crippen LogP) is 4.25. The van der Waals surface area contributed by atoms with Crippen LogP contribution >= 0.6 is 0 Å². The van der Waals surface area contributed by atoms with E-state index in [0.29, 0.717) is 0 Å². The van der Waals surface area contributed by atoms with Crippen LogP contribution in [0.1, 0.15) is 60.8 Å². The highest BCUT2D eigenvalue weighted by Crippen LogP contribution is 2.00. The highest BCUT2D eigenvalue weighted by atomic mass is 13.9. The van der Waals surface area contributed by atoms with Crippen molar-refractivity contribution in [3.63, 3.8) is 0 Å². The molecule has 0 unspecified atom stereocenters. The summed E-state index contributed by atoms with van der Waals surface area (Å²) in [4.78, 5) is 0. The van der Waals surface area contributed by atoms with Crippen LogP contribution in [0.3, 0.4) is 0 Å². The van der Waals surface area contributed by atoms with Crippen LogP contribution < -0.4 is 0 Å². The van der Waals surface area contributed by atoms with E-state index in [4.69, 9.17) is 0 Å². The van der Waals surface area contributed by atoms with Gasteiger partial charge < -0.3 is 0 Å². The lowest BCUT2D eigenvalue weighted by molar-refractivity contribution is 0.656. The zero-order chi connectivity index (χ0) is 5.54. The zero-order valence-corrected chi connectivity index (χ0v) is 5.54. The minimum atomic E-state index is 0. The minimum Gasteiger partial charge on any atom is -0.0776 e. The van der Waals surface area contributed by atoms with Gasteiger partial charge in [-0.3, -0.25) is 0 Å². The van der Waals surface area contributed by atoms with Gasteiger partial charge in [-0.15, -0.1) is 0 Å². The highest BCUT2D eigenvalue weighted by molar-refractivity contribution is 4.35. The van der Waals surface area contributed by atoms with Gasteiger partial charge in [-0.1, -0.05) is 60.8 Å². The molecule has 0 bridgehead atoms. The Morgan fingerprint density at radius 2 is 1.00 bits per heavy atom. The van der Waals surface area contributed by atoms with Crippen molar-refractivity contribution in [2.75, 3.05) is 0 Å². The fraction of sp³-hybridized carbons (Fsp3) is 1.00. The first-order valence-electron chi connectivity index (χ1n) is 3.41. The molecule has 0 atom stereocenters. The molecule has 0 spiro atoms. The summed E-state index contributed by atoms with van der Waals surface area (Å²) in [7, 11) is 0. The van der Waals surface area contributed by atoms with Crippen molar-refractivity contribution in [1.82, 2.24) is 0 Å². The van der Waals surface area contributed by atoms with E-state index in [1.807, 2.05) is 0 Å². The molecule has 0 fully saturated rings. The maximum atomic E-state index is 2.25. The van der Waals surface area contributed by atoms with Crippen LogP contribution in [-0.2, 0) is 0 Å². The molecular weight excluding hydrogens is 108 g/mol. The summed E-state index contributed by atoms with van der Waals surface area (Å²) in [5, 5.41) is 0. The maximum Gasteiger partial charge on any atom is -0.0533 e. The molecule has 0 aromatic carbocycles. The lowest BCUT2D eigenvalue weighted by Crippen LogP contribution is -1.70. The molecule has 0 aliphatic carbocycles. The van der Waals surface area contributed by atoms with E-state index in [1.165, 1.54) is 32.1 Å². The second kappa shape index (κ2) is 15.7. The quantitative estimate of drug-likeness (QED) is 0.502. The normalized spacial score (nSPS) is 7.33. The van der Waals surface area contributed by atoms with Crippen molar-refractivity contribution >= 4 is 0 Å². The average Bonchev–Trinajstić information content (AvgIpc) is 1.69. The SMILES string of the molecule is C.C.CCCCCCC. The number of hydrogen-bond acceptors (Lipinski definition) is 0. The summed E-state index contributed by atoms with van der Waals surface area (Å²) in [5.41, 5.74) is 0. The largest absolute Gasteiger partial charge is 0.0776 e. The van der Waals surface area contributed by atoms with Crippen LogP contribution in [0.25, 0.3) is 0 Å². The van der Waals surface area contributed by atoms with Gasteiger partial charge in [0.15, 0.2) is 0 Å². The van der Waals surface area contributed by atoms with Gasteiger partial charge in [0.2, 0.25) is 0 Å². The van der Waals surface area contributed by atoms with Crippen molar-refractivity contribution in [2.45, 2.75) is 60.8 Å². The molecule has 0 aromatic rings. The van der Waals surface area contributed by atoms with Crippen LogP contribution in [-0.4, -0.2) is 0 Å². The lowest BCUT2D eigenvalue weighted by atomic mass is 10.2. The van der Waals surface area contributed by atoms with Gasteiger partial charge >= 0.3 is 0 Å². The van der Waals surface area contributed by atoms with E-state index in [2.05, 4.69) is 13.8 Å². The summed E-state index contributed by atoms with van der Waals surface area (Å²) in [5.74, 6) is 0. The van der Waals surface area contributed by atoms with Crippen LogP contribution in [0.2, 0.25) is 0 Å². The monoisotopic (exact) mass is 132 g/mol. The third-order valence-electron chi connectivity index (χ3n) is 1.21. The average molecular weight is 132 g/mol. The van der Waals surface area contributed by atoms with Crippen molar-refractivity contribution in [1.29, 1.82) is 0 Å². The first kappa shape index (κ1) is 16.0. The fourth-order valence-corrected chi connectivity index (χ4v) is 0.677. The Balaban J connectivity index is -0.000000180. The fourth-order valence-electron chi connectivity index (χ4n) is 0.677. The van der Waals surface area contributed by atoms with Gasteiger partial charge in [0.1, 0.15) is 0 Å². The van der Waals surface area contributed by atoms with Gasteiger partial charge in [-0.2, -0.15) is 0 Å². The second-order valence-corrected chi connectivity index (χ2v) is 2.06. The van der Waals surface area contributed by atoms with Crippen molar-refractivity contribution in [3.05, 3.63) is 0 Å². The zero-order valence-electron chi connectivity index (χ0n) is 5.54. The molecule has 0 aromatic heterocycles. The maximum absolute atomic E-state index is 2.25. The molecule has 60 valence electrons. The number of hydrogen-bond donors (Lipinski definition) is 0. The third-order valence-corrected chi connectivity index (χ3v) is 1.21. The molecule has 0 saturated carbocycles. The van der Waals surface area contributed by atoms with Gasteiger partial charge in [-0.05, 0) is 0 Å². The van der Waals surface area contributed by atoms with E-state index in [1.54, 1.807) is 0 Å². The highest BCUT2D eigenvalue weighted by Gasteiger charge is 1.80. The van der Waals surface area contributed by atoms with E-state index in [9.17, 15) is 0 Å². The standard InChI is InChI=1S/C7H16.2CH4/c1-3-5-7-6-4-2;;/h3-7H2,1-2H3;2*1H4. The van der Waals surface area contributed by atoms with E-state index < -0.39 is 0 Å². The summed E-state index contributed by atoms with van der Waals surface area (Å²) in [6.07, 6.45) is 7.01. The molecule has 9 heavy (non-hydrogen) atoms. The number of unbranched alkanes of at least 4 members (excludes halogenated alkanes) is 4. The van der Waals surface area contributed by atoms with Gasteiger partial charge in [0, 0.05) is 0 Å². The smallest absolute Gasteiger partial charge is 0.0533 e. The van der Waals surface area contributed by atoms with Crippen LogP contribution in [0.4, 0.5) is 0 Å². The van der Waals surface area contributed by atoms with Crippen molar-refractivity contribution in [3.8, 4) is 0 Å². The molecule has 0 saturated heterocycles. The summed E-state index contributed by atoms with van der Waals surface area (Å²) < 4.78 is 0. The van der Waals surface area contributed by atoms with Gasteiger partial charge in [0.05, 0.1) is 0 Å². The summed E-state index contributed by atoms with van der Waals surface area (Å²) in [6.45, 7) is 4.49. The molecule has 0 N–H and O–H groups in total. The summed E-state index contributed by atoms with van der Waals surface area (Å²) >= 11 is 0. The Bertz CT molecular complexity index is 19.2. The Hall–Kier alpha value is 0. The van der Waals surface area contributed by atoms with E-state index >= 15 is 0 Å². The topological polar surface area (TPSA) is 0 Å². The first-order valence-corrected chi connectivity index (χ1v) is 3.41. The Morgan fingerprint density at radius 3 is 1.22 bits per heavy atom. The molecule has 0 heterocycles. The van der Waals surface area contributed by atoms with Crippen LogP contribution in [0, 0.1) is 0 Å². The molecular formula is C9H24. The van der Waals surface area contributed by atoms with E-state index in [0.717, 1.165) is 0 Å². The van der Waals surface area contributed by atoms with Crippen LogP contribution in [0.5, 0.6) is 0 Å². The molecule has 0 aliphatic heterocycles. The summed E-state index contributed by atoms with van der Waals surface area (Å²) in [6, 6.07) is 0. The van der Waals surface area contributed by atoms with Crippen LogP contribution in [0.15, 0.2) is 0 Å². The third kappa shape index (κ3) is 18.0. The van der Waals surface area contributed by atoms with E-state index in [-0.39, 0.29) is 14.9 Å². The Labute approximate surface area is 61.7 Å². The van der Waals surface area contributed by atoms with Gasteiger partial charge in [0.25, 0.3) is 0 Å². The molecule has 0 rings (SSSR count). The predicted molar refractivity (Wildman–Crippen MR) is 47.9 cm³/mol. The lowest BCUT2D eigenvalue weighted by Gasteiger charge is -1.90. The van der Waals surface area contributed by atoms with Gasteiger partial charge in [-0.25, -0.2) is 0 Å². The molecule has 0 radical (unpaired) electrons. The molecule has 0 nitrogen and oxygen atoms in total. The second-order valence-electron chi connectivity index (χ2n) is 2.06. The molecule has 0 amide bonds. The van der Waals surface area contributed by atoms with Crippen molar-refractivity contribution < 1.29 is 0 Å². The minimum absolute atomic E-state index is 0. The number of rotatable bonds is 4.